The standard InChI is InChI=1S/C55H74N6O21/c1-4-11-36(51(72)60-17-10-18-60)77-48-40(57-28(3)64)53(80-38(24-62)42(48)66)79-37-22-31(21-34(61-23-33(58-59-61)29-12-6-5-7-13-29)47(37)82-55-45(69)44(68)41(65)27(2)76-55)50(71)56-16-19-74-54-46(70)49(43(67)39(25-63)81-54)75-26-32-20-30-14-8-9-15-35(30)78-52(32)73/h5-9,12-15,20,23,27,31,34,36-49,53-55,62-63,65-70H,4,10-11,16-19,21-22,24-26H2,1-3H3,(H,56,71)(H,57,64)/t27?,31?,34?,36-,37+,38?,39?,40?,41+,42-,43+,44?,45?,46?,47?,48?,49?,53+,54-,55-/m0/s1. The number of likely N-dealkylation sites (tertiary alicyclic amines) is 1. The molecule has 20 atom stereocenters. The first-order chi connectivity index (χ1) is 39.5. The highest BCUT2D eigenvalue weighted by atomic mass is 16.7. The molecule has 0 bridgehead atoms. The molecule has 12 unspecified atom stereocenters. The van der Waals surface area contributed by atoms with Crippen LogP contribution < -0.4 is 16.3 Å². The predicted molar refractivity (Wildman–Crippen MR) is 281 cm³/mol. The largest absolute Gasteiger partial charge is 0.422 e. The van der Waals surface area contributed by atoms with Gasteiger partial charge >= 0.3 is 5.63 Å². The van der Waals surface area contributed by atoms with E-state index in [9.17, 15) is 60.0 Å². The van der Waals surface area contributed by atoms with Gasteiger partial charge in [-0.3, -0.25) is 14.4 Å². The number of benzene rings is 2. The van der Waals surface area contributed by atoms with Crippen molar-refractivity contribution in [1.29, 1.82) is 0 Å². The third kappa shape index (κ3) is 13.7. The normalized spacial score (nSPS) is 34.5. The van der Waals surface area contributed by atoms with E-state index in [4.69, 9.17) is 42.3 Å². The molecule has 1 saturated carbocycles. The van der Waals surface area contributed by atoms with Gasteiger partial charge in [-0.2, -0.15) is 0 Å². The molecule has 0 radical (unpaired) electrons. The average Bonchev–Trinajstić information content (AvgIpc) is 4.08. The Kier molecular flexibility index (Phi) is 20.5. The number of nitrogens with one attached hydrogen (secondary N) is 2. The summed E-state index contributed by atoms with van der Waals surface area (Å²) in [6, 6.07) is 15.1. The Labute approximate surface area is 470 Å². The third-order valence-electron chi connectivity index (χ3n) is 15.7. The zero-order chi connectivity index (χ0) is 58.4. The van der Waals surface area contributed by atoms with E-state index in [1.165, 1.54) is 18.5 Å². The lowest BCUT2D eigenvalue weighted by Gasteiger charge is -2.49. The maximum absolute atomic E-state index is 14.6. The monoisotopic (exact) mass is 1150 g/mol. The highest BCUT2D eigenvalue weighted by Crippen LogP contribution is 2.41. The molecular weight excluding hydrogens is 1080 g/mol. The molecule has 2 aromatic heterocycles. The highest BCUT2D eigenvalue weighted by molar-refractivity contribution is 5.81. The smallest absolute Gasteiger partial charge is 0.341 e. The van der Waals surface area contributed by atoms with Crippen molar-refractivity contribution in [1.82, 2.24) is 30.5 Å². The molecule has 0 spiro atoms. The first kappa shape index (κ1) is 61.1. The van der Waals surface area contributed by atoms with Crippen LogP contribution in [0.2, 0.25) is 0 Å². The second-order valence-electron chi connectivity index (χ2n) is 21.4. The number of nitrogens with zero attached hydrogens (tertiary/aromatic N) is 4. The van der Waals surface area contributed by atoms with Crippen LogP contribution in [0.5, 0.6) is 0 Å². The number of carbonyl (C=O) groups excluding carboxylic acids is 3. The van der Waals surface area contributed by atoms with Crippen molar-refractivity contribution in [2.24, 2.45) is 5.92 Å². The van der Waals surface area contributed by atoms with Crippen LogP contribution in [-0.2, 0) is 58.9 Å². The van der Waals surface area contributed by atoms with Gasteiger partial charge in [0.1, 0.15) is 90.6 Å². The highest BCUT2D eigenvalue weighted by Gasteiger charge is 2.54. The topological polar surface area (TPSA) is 375 Å². The number of aliphatic hydroxyl groups is 8. The molecule has 3 amide bonds. The number of fused-ring (bicyclic) bond motifs is 1. The maximum atomic E-state index is 14.6. The zero-order valence-electron chi connectivity index (χ0n) is 45.6. The van der Waals surface area contributed by atoms with Crippen LogP contribution in [0.3, 0.4) is 0 Å². The predicted octanol–water partition coefficient (Wildman–Crippen LogP) is -1.87. The fraction of sp³-hybridized carbons (Fsp3) is 0.636. The van der Waals surface area contributed by atoms with Crippen LogP contribution in [0.25, 0.3) is 22.2 Å². The van der Waals surface area contributed by atoms with Crippen LogP contribution in [0.1, 0.15) is 64.5 Å². The van der Waals surface area contributed by atoms with Crippen LogP contribution in [0, 0.1) is 5.92 Å². The number of hydrogen-bond acceptors (Lipinski definition) is 23. The van der Waals surface area contributed by atoms with Gasteiger partial charge in [0, 0.05) is 43.4 Å². The van der Waals surface area contributed by atoms with Crippen molar-refractivity contribution in [2.75, 3.05) is 39.5 Å². The Balaban J connectivity index is 0.981. The summed E-state index contributed by atoms with van der Waals surface area (Å²) in [7, 11) is 0. The Hall–Kier alpha value is -5.44. The summed E-state index contributed by atoms with van der Waals surface area (Å²) in [6.07, 6.45) is -22.0. The lowest BCUT2D eigenvalue weighted by molar-refractivity contribution is -0.337. The summed E-state index contributed by atoms with van der Waals surface area (Å²) in [5.41, 5.74) is 0.876. The molecule has 4 aliphatic heterocycles. The van der Waals surface area contributed by atoms with Crippen LogP contribution in [-0.4, -0.2) is 228 Å². The summed E-state index contributed by atoms with van der Waals surface area (Å²) < 4.78 is 56.5. The quantitative estimate of drug-likeness (QED) is 0.0304. The number of rotatable bonds is 22. The molecule has 450 valence electrons. The Bertz CT molecular complexity index is 2810. The van der Waals surface area contributed by atoms with Crippen molar-refractivity contribution < 1.29 is 97.5 Å². The Morgan fingerprint density at radius 3 is 2.20 bits per heavy atom. The fourth-order valence-corrected chi connectivity index (χ4v) is 11.0. The lowest BCUT2D eigenvalue weighted by atomic mass is 9.80. The SMILES string of the molecule is CCC[C@H](OC1C(NC(C)=O)[C@H](O[C@@H]2CC(C(=O)NCCO[C@H]3OC(CO)[C@@H](O)C(OCc4cc5ccccc5oc4=O)C3O)CC(n3cc(-c4ccccc4)nn3)C2O[C@@H]2OC(C)[C@@H](O)C(O)C2O)OC(CO)[C@@H]1O)C(=O)N1CCC1. The Morgan fingerprint density at radius 2 is 1.50 bits per heavy atom. The van der Waals surface area contributed by atoms with Gasteiger partial charge in [0.15, 0.2) is 18.9 Å². The molecule has 4 saturated heterocycles. The minimum Gasteiger partial charge on any atom is -0.422 e. The van der Waals surface area contributed by atoms with Gasteiger partial charge < -0.3 is 98.7 Å². The molecule has 82 heavy (non-hydrogen) atoms. The van der Waals surface area contributed by atoms with E-state index >= 15 is 0 Å². The van der Waals surface area contributed by atoms with Gasteiger partial charge in [-0.25, -0.2) is 9.48 Å². The molecule has 4 aromatic rings. The summed E-state index contributed by atoms with van der Waals surface area (Å²) in [4.78, 5) is 55.9. The number of aliphatic hydroxyl groups excluding tert-OH is 8. The van der Waals surface area contributed by atoms with E-state index < -0.39 is 153 Å². The van der Waals surface area contributed by atoms with E-state index in [-0.39, 0.29) is 50.5 Å². The summed E-state index contributed by atoms with van der Waals surface area (Å²) in [5, 5.41) is 103. The van der Waals surface area contributed by atoms with Crippen molar-refractivity contribution in [2.45, 2.75) is 176 Å². The van der Waals surface area contributed by atoms with Gasteiger partial charge in [0.2, 0.25) is 11.8 Å². The maximum Gasteiger partial charge on any atom is 0.341 e. The van der Waals surface area contributed by atoms with E-state index in [0.29, 0.717) is 41.7 Å². The number of para-hydroxylation sites is 1. The van der Waals surface area contributed by atoms with Gasteiger partial charge in [-0.05, 0) is 44.7 Å². The van der Waals surface area contributed by atoms with Crippen molar-refractivity contribution in [3.05, 3.63) is 82.8 Å². The van der Waals surface area contributed by atoms with Crippen molar-refractivity contribution in [3.8, 4) is 11.3 Å². The van der Waals surface area contributed by atoms with Gasteiger partial charge in [0.25, 0.3) is 5.91 Å². The molecule has 5 fully saturated rings. The molecular formula is C55H74N6O21. The van der Waals surface area contributed by atoms with Crippen LogP contribution in [0.4, 0.5) is 0 Å². The van der Waals surface area contributed by atoms with Crippen LogP contribution in [0.15, 0.2) is 76.1 Å². The Morgan fingerprint density at radius 1 is 0.793 bits per heavy atom. The van der Waals surface area contributed by atoms with E-state index in [2.05, 4.69) is 20.9 Å². The van der Waals surface area contributed by atoms with E-state index in [0.717, 1.165) is 6.42 Å². The second-order valence-corrected chi connectivity index (χ2v) is 21.4. The minimum atomic E-state index is -1.82. The van der Waals surface area contributed by atoms with Gasteiger partial charge in [-0.1, -0.05) is 67.1 Å². The van der Waals surface area contributed by atoms with E-state index in [1.807, 2.05) is 37.3 Å². The van der Waals surface area contributed by atoms with Crippen LogP contribution >= 0.6 is 0 Å². The third-order valence-corrected chi connectivity index (χ3v) is 15.7. The van der Waals surface area contributed by atoms with Crippen molar-refractivity contribution in [3.63, 3.8) is 0 Å². The molecule has 2 aromatic carbocycles. The first-order valence-electron chi connectivity index (χ1n) is 27.8. The average molecular weight is 1160 g/mol. The number of carbonyl (C=O) groups is 3. The molecule has 27 nitrogen and oxygen atoms in total. The fourth-order valence-electron chi connectivity index (χ4n) is 11.0. The van der Waals surface area contributed by atoms with Gasteiger partial charge in [0.05, 0.1) is 56.4 Å². The lowest BCUT2D eigenvalue weighted by Crippen LogP contribution is -2.67. The minimum absolute atomic E-state index is 0.0604. The number of ether oxygens (including phenoxy) is 8. The van der Waals surface area contributed by atoms with E-state index in [1.54, 1.807) is 41.4 Å². The molecule has 1 aliphatic carbocycles. The molecule has 6 heterocycles. The zero-order valence-corrected chi connectivity index (χ0v) is 45.6. The molecule has 9 rings (SSSR count). The molecule has 5 aliphatic rings. The molecule has 10 N–H and O–H groups in total. The summed E-state index contributed by atoms with van der Waals surface area (Å²) in [5.74, 6) is -2.49. The molecule has 27 heteroatoms. The number of amides is 3. The summed E-state index contributed by atoms with van der Waals surface area (Å²) in [6.45, 7) is 3.23. The first-order valence-corrected chi connectivity index (χ1v) is 27.8. The summed E-state index contributed by atoms with van der Waals surface area (Å²) >= 11 is 0. The second kappa shape index (κ2) is 27.5. The number of aromatic nitrogens is 3. The number of hydrogen-bond donors (Lipinski definition) is 10. The van der Waals surface area contributed by atoms with Gasteiger partial charge in [-0.15, -0.1) is 5.10 Å². The van der Waals surface area contributed by atoms with Crippen molar-refractivity contribution >= 4 is 28.7 Å².